The lowest BCUT2D eigenvalue weighted by atomic mass is 9.99. The highest BCUT2D eigenvalue weighted by Crippen LogP contribution is 2.40. The van der Waals surface area contributed by atoms with Crippen LogP contribution in [0.1, 0.15) is 31.7 Å². The van der Waals surface area contributed by atoms with Crippen LogP contribution in [0.25, 0.3) is 0 Å². The molecule has 2 aromatic heterocycles. The Morgan fingerprint density at radius 1 is 1.11 bits per heavy atom. The van der Waals surface area contributed by atoms with Crippen LogP contribution in [0, 0.1) is 5.82 Å². The highest BCUT2D eigenvalue weighted by atomic mass is 32.1. The quantitative estimate of drug-likeness (QED) is 0.624. The third-order valence-corrected chi connectivity index (χ3v) is 7.06. The summed E-state index contributed by atoms with van der Waals surface area (Å²) in [5, 5.41) is 4.16. The fraction of sp³-hybridized carbons (Fsp3) is 0.200. The second kappa shape index (κ2) is 6.37. The Morgan fingerprint density at radius 2 is 2.00 bits per heavy atom. The number of fused-ring (bicyclic) bond motifs is 2. The van der Waals surface area contributed by atoms with E-state index in [0.29, 0.717) is 12.4 Å². The molecule has 0 radical (unpaired) electrons. The van der Waals surface area contributed by atoms with Crippen molar-refractivity contribution in [2.75, 3.05) is 18.1 Å². The van der Waals surface area contributed by atoms with Crippen molar-refractivity contribution < 1.29 is 14.0 Å². The highest BCUT2D eigenvalue weighted by molar-refractivity contribution is 7.10. The lowest BCUT2D eigenvalue weighted by Crippen LogP contribution is -2.45. The molecule has 7 heteroatoms. The number of Topliss-reactive ketones (excluding diaryl/α,β-unsaturated/α-hetero) is 1. The molecule has 2 aliphatic heterocycles. The molecule has 5 rings (SSSR count). The average Bonchev–Trinajstić information content (AvgIpc) is 3.39. The molecule has 136 valence electrons. The molecule has 1 unspecified atom stereocenters. The Bertz CT molecular complexity index is 1040. The van der Waals surface area contributed by atoms with Gasteiger partial charge in [-0.15, -0.1) is 22.7 Å². The van der Waals surface area contributed by atoms with Crippen LogP contribution in [0.15, 0.2) is 47.2 Å². The van der Waals surface area contributed by atoms with Crippen molar-refractivity contribution in [2.24, 2.45) is 0 Å². The van der Waals surface area contributed by atoms with Crippen LogP contribution < -0.4 is 4.90 Å². The monoisotopic (exact) mass is 398 g/mol. The molecular formula is C20H15FN2O2S2. The largest absolute Gasteiger partial charge is 0.300 e. The third kappa shape index (κ3) is 2.65. The predicted octanol–water partition coefficient (Wildman–Crippen LogP) is 4.08. The summed E-state index contributed by atoms with van der Waals surface area (Å²) in [7, 11) is 0. The van der Waals surface area contributed by atoms with Gasteiger partial charge in [-0.05, 0) is 53.1 Å². The predicted molar refractivity (Wildman–Crippen MR) is 104 cm³/mol. The number of benzene rings is 1. The minimum atomic E-state index is -0.634. The lowest BCUT2D eigenvalue weighted by molar-refractivity contribution is -0.114. The van der Waals surface area contributed by atoms with E-state index in [4.69, 9.17) is 0 Å². The molecule has 27 heavy (non-hydrogen) atoms. The Kier molecular flexibility index (Phi) is 3.96. The zero-order chi connectivity index (χ0) is 18.5. The van der Waals surface area contributed by atoms with Gasteiger partial charge in [0.05, 0.1) is 24.0 Å². The fourth-order valence-corrected chi connectivity index (χ4v) is 5.68. The second-order valence-electron chi connectivity index (χ2n) is 6.64. The molecule has 1 amide bonds. The van der Waals surface area contributed by atoms with Crippen LogP contribution in [-0.4, -0.2) is 29.8 Å². The van der Waals surface area contributed by atoms with Gasteiger partial charge in [0, 0.05) is 16.3 Å². The Labute approximate surface area is 163 Å². The first kappa shape index (κ1) is 16.8. The van der Waals surface area contributed by atoms with Gasteiger partial charge in [0.15, 0.2) is 0 Å². The van der Waals surface area contributed by atoms with Gasteiger partial charge < -0.3 is 0 Å². The molecule has 0 saturated heterocycles. The van der Waals surface area contributed by atoms with E-state index in [1.165, 1.54) is 32.4 Å². The number of hydrogen-bond donors (Lipinski definition) is 0. The molecule has 0 fully saturated rings. The Balaban J connectivity index is 1.52. The van der Waals surface area contributed by atoms with Crippen LogP contribution in [0.3, 0.4) is 0 Å². The molecule has 1 aromatic carbocycles. The summed E-state index contributed by atoms with van der Waals surface area (Å²) in [6.07, 6.45) is 0.918. The van der Waals surface area contributed by atoms with E-state index in [1.807, 2.05) is 6.07 Å². The smallest absolute Gasteiger partial charge is 0.291 e. The first-order chi connectivity index (χ1) is 13.1. The van der Waals surface area contributed by atoms with E-state index < -0.39 is 17.5 Å². The number of halogens is 1. The SMILES string of the molecule is O=C1C(=O)N(CN2CCc3sccc3C2c2cccs2)c2ccc(F)cc21. The number of carbonyl (C=O) groups excluding carboxylic acids is 2. The summed E-state index contributed by atoms with van der Waals surface area (Å²) >= 11 is 3.45. The number of hydrogen-bond acceptors (Lipinski definition) is 5. The molecule has 0 saturated carbocycles. The average molecular weight is 398 g/mol. The summed E-state index contributed by atoms with van der Waals surface area (Å²) in [6, 6.07) is 10.3. The van der Waals surface area contributed by atoms with Gasteiger partial charge in [-0.1, -0.05) is 6.07 Å². The van der Waals surface area contributed by atoms with Crippen molar-refractivity contribution in [1.29, 1.82) is 0 Å². The molecular weight excluding hydrogens is 383 g/mol. The summed E-state index contributed by atoms with van der Waals surface area (Å²) in [4.78, 5) is 31.2. The molecule has 4 nitrogen and oxygen atoms in total. The van der Waals surface area contributed by atoms with Crippen molar-refractivity contribution in [1.82, 2.24) is 4.90 Å². The van der Waals surface area contributed by atoms with E-state index in [0.717, 1.165) is 19.0 Å². The van der Waals surface area contributed by atoms with Gasteiger partial charge >= 0.3 is 5.91 Å². The number of rotatable bonds is 3. The standard InChI is InChI=1S/C20H15FN2O2S2/c21-12-3-4-15-14(10-12)19(24)20(25)23(15)11-22-7-5-16-13(6-9-27-16)18(22)17-2-1-8-26-17/h1-4,6,8-10,18H,5,7,11H2. The van der Waals surface area contributed by atoms with Gasteiger partial charge in [0.2, 0.25) is 0 Å². The van der Waals surface area contributed by atoms with Gasteiger partial charge in [-0.2, -0.15) is 0 Å². The van der Waals surface area contributed by atoms with Crippen LogP contribution in [0.2, 0.25) is 0 Å². The minimum Gasteiger partial charge on any atom is -0.291 e. The van der Waals surface area contributed by atoms with Gasteiger partial charge in [-0.3, -0.25) is 19.4 Å². The van der Waals surface area contributed by atoms with Gasteiger partial charge in [0.1, 0.15) is 5.82 Å². The Hall–Kier alpha value is -2.35. The van der Waals surface area contributed by atoms with Crippen molar-refractivity contribution in [3.8, 4) is 0 Å². The summed E-state index contributed by atoms with van der Waals surface area (Å²) in [5.74, 6) is -1.73. The lowest BCUT2D eigenvalue weighted by Gasteiger charge is -2.37. The van der Waals surface area contributed by atoms with Crippen LogP contribution in [0.4, 0.5) is 10.1 Å². The van der Waals surface area contributed by atoms with Crippen LogP contribution in [-0.2, 0) is 11.2 Å². The van der Waals surface area contributed by atoms with Crippen molar-refractivity contribution in [2.45, 2.75) is 12.5 Å². The molecule has 2 aliphatic rings. The number of thiophene rings is 2. The van der Waals surface area contributed by atoms with E-state index >= 15 is 0 Å². The molecule has 3 aromatic rings. The molecule has 1 atom stereocenters. The zero-order valence-corrected chi connectivity index (χ0v) is 15.9. The molecule has 0 bridgehead atoms. The maximum Gasteiger partial charge on any atom is 0.300 e. The van der Waals surface area contributed by atoms with E-state index in [9.17, 15) is 14.0 Å². The maximum atomic E-state index is 13.5. The van der Waals surface area contributed by atoms with Gasteiger partial charge in [0.25, 0.3) is 5.78 Å². The number of amides is 1. The minimum absolute atomic E-state index is 0.0624. The topological polar surface area (TPSA) is 40.6 Å². The normalized spacial score (nSPS) is 19.4. The number of nitrogens with zero attached hydrogens (tertiary/aromatic N) is 2. The first-order valence-corrected chi connectivity index (χ1v) is 10.4. The third-order valence-electron chi connectivity index (χ3n) is 5.13. The second-order valence-corrected chi connectivity index (χ2v) is 8.62. The summed E-state index contributed by atoms with van der Waals surface area (Å²) < 4.78 is 13.5. The molecule has 0 aliphatic carbocycles. The summed E-state index contributed by atoms with van der Waals surface area (Å²) in [6.45, 7) is 1.10. The number of ketones is 1. The highest BCUT2D eigenvalue weighted by Gasteiger charge is 2.39. The molecule has 0 spiro atoms. The Morgan fingerprint density at radius 3 is 2.81 bits per heavy atom. The fourth-order valence-electron chi connectivity index (χ4n) is 3.90. The van der Waals surface area contributed by atoms with Crippen molar-refractivity contribution in [3.63, 3.8) is 0 Å². The number of anilines is 1. The zero-order valence-electron chi connectivity index (χ0n) is 14.2. The maximum absolute atomic E-state index is 13.5. The van der Waals surface area contributed by atoms with Crippen LogP contribution in [0.5, 0.6) is 0 Å². The van der Waals surface area contributed by atoms with Gasteiger partial charge in [-0.25, -0.2) is 4.39 Å². The van der Waals surface area contributed by atoms with Crippen molar-refractivity contribution >= 4 is 40.1 Å². The van der Waals surface area contributed by atoms with Crippen LogP contribution >= 0.6 is 22.7 Å². The number of carbonyl (C=O) groups is 2. The summed E-state index contributed by atoms with van der Waals surface area (Å²) in [5.41, 5.74) is 1.92. The first-order valence-electron chi connectivity index (χ1n) is 8.63. The van der Waals surface area contributed by atoms with E-state index in [2.05, 4.69) is 27.8 Å². The van der Waals surface area contributed by atoms with Crippen molar-refractivity contribution in [3.05, 3.63) is 73.9 Å². The molecule has 4 heterocycles. The van der Waals surface area contributed by atoms with E-state index in [1.54, 1.807) is 22.7 Å². The van der Waals surface area contributed by atoms with E-state index in [-0.39, 0.29) is 11.6 Å². The molecule has 0 N–H and O–H groups in total.